The zero-order chi connectivity index (χ0) is 13.3. The van der Waals surface area contributed by atoms with Crippen LogP contribution in [0.5, 0.6) is 0 Å². The Morgan fingerprint density at radius 1 is 1.56 bits per heavy atom. The van der Waals surface area contributed by atoms with Gasteiger partial charge in [0.2, 0.25) is 5.69 Å². The van der Waals surface area contributed by atoms with Crippen LogP contribution in [-0.4, -0.2) is 36.0 Å². The predicted octanol–water partition coefficient (Wildman–Crippen LogP) is 0.577. The highest BCUT2D eigenvalue weighted by molar-refractivity contribution is 5.89. The second-order valence-electron chi connectivity index (χ2n) is 3.46. The molecule has 0 radical (unpaired) electrons. The third-order valence-corrected chi connectivity index (χ3v) is 2.11. The van der Waals surface area contributed by atoms with Gasteiger partial charge in [-0.15, -0.1) is 5.10 Å². The van der Waals surface area contributed by atoms with Crippen molar-refractivity contribution in [2.45, 2.75) is 6.92 Å². The quantitative estimate of drug-likeness (QED) is 0.622. The Morgan fingerprint density at radius 3 is 2.78 bits per heavy atom. The van der Waals surface area contributed by atoms with E-state index in [4.69, 9.17) is 5.11 Å². The van der Waals surface area contributed by atoms with E-state index in [9.17, 15) is 14.9 Å². The van der Waals surface area contributed by atoms with E-state index >= 15 is 0 Å². The van der Waals surface area contributed by atoms with Gasteiger partial charge in [0.1, 0.15) is 6.20 Å². The lowest BCUT2D eigenvalue weighted by molar-refractivity contribution is -0.385. The van der Waals surface area contributed by atoms with E-state index in [0.29, 0.717) is 0 Å². The molecule has 0 aromatic carbocycles. The van der Waals surface area contributed by atoms with Crippen LogP contribution in [0, 0.1) is 17.0 Å². The van der Waals surface area contributed by atoms with Crippen molar-refractivity contribution in [1.29, 1.82) is 0 Å². The number of hydrogen-bond donors (Lipinski definition) is 1. The van der Waals surface area contributed by atoms with Crippen molar-refractivity contribution in [3.8, 4) is 5.82 Å². The van der Waals surface area contributed by atoms with Gasteiger partial charge in [0.25, 0.3) is 0 Å². The Morgan fingerprint density at radius 2 is 2.28 bits per heavy atom. The summed E-state index contributed by atoms with van der Waals surface area (Å²) >= 11 is 0. The first-order valence-electron chi connectivity index (χ1n) is 4.76. The van der Waals surface area contributed by atoms with Gasteiger partial charge in [-0.1, -0.05) is 0 Å². The first-order chi connectivity index (χ1) is 8.49. The van der Waals surface area contributed by atoms with Crippen molar-refractivity contribution >= 4 is 11.7 Å². The summed E-state index contributed by atoms with van der Waals surface area (Å²) in [7, 11) is 0. The summed E-state index contributed by atoms with van der Waals surface area (Å²) in [6.07, 6.45) is 2.49. The summed E-state index contributed by atoms with van der Waals surface area (Å²) in [5, 5.41) is 30.5. The van der Waals surface area contributed by atoms with Gasteiger partial charge in [0.15, 0.2) is 5.82 Å². The molecular formula is C9H7N5O4. The summed E-state index contributed by atoms with van der Waals surface area (Å²) < 4.78 is 1.02. The standard InChI is InChI=1S/C9H7N5O4/c1-5-2-7(11-10-3-5)13-4-6(14(17)18)8(12-13)9(15)16/h2-4H,1H3,(H,15,16). The second kappa shape index (κ2) is 4.20. The summed E-state index contributed by atoms with van der Waals surface area (Å²) in [6, 6.07) is 1.58. The molecule has 0 bridgehead atoms. The Hall–Kier alpha value is -2.84. The third kappa shape index (κ3) is 2.00. The molecular weight excluding hydrogens is 242 g/mol. The molecule has 2 rings (SSSR count). The summed E-state index contributed by atoms with van der Waals surface area (Å²) in [5.41, 5.74) is -0.454. The minimum Gasteiger partial charge on any atom is -0.476 e. The molecule has 0 saturated heterocycles. The van der Waals surface area contributed by atoms with Crippen molar-refractivity contribution in [2.75, 3.05) is 0 Å². The molecule has 0 aliphatic heterocycles. The maximum atomic E-state index is 10.8. The van der Waals surface area contributed by atoms with Gasteiger partial charge in [0, 0.05) is 0 Å². The van der Waals surface area contributed by atoms with Crippen molar-refractivity contribution in [3.63, 3.8) is 0 Å². The average Bonchev–Trinajstić information content (AvgIpc) is 2.73. The number of carboxylic acids is 1. The van der Waals surface area contributed by atoms with Gasteiger partial charge in [-0.2, -0.15) is 10.2 Å². The molecule has 92 valence electrons. The first-order valence-corrected chi connectivity index (χ1v) is 4.76. The van der Waals surface area contributed by atoms with Crippen molar-refractivity contribution < 1.29 is 14.8 Å². The Balaban J connectivity index is 2.57. The molecule has 9 nitrogen and oxygen atoms in total. The Bertz CT molecular complexity index is 604. The van der Waals surface area contributed by atoms with Gasteiger partial charge in [-0.25, -0.2) is 9.48 Å². The summed E-state index contributed by atoms with van der Waals surface area (Å²) in [4.78, 5) is 20.7. The molecule has 1 N–H and O–H groups in total. The highest BCUT2D eigenvalue weighted by Crippen LogP contribution is 2.18. The maximum Gasteiger partial charge on any atom is 0.363 e. The maximum absolute atomic E-state index is 10.8. The first kappa shape index (κ1) is 11.6. The minimum atomic E-state index is -1.47. The average molecular weight is 249 g/mol. The molecule has 0 fully saturated rings. The largest absolute Gasteiger partial charge is 0.476 e. The van der Waals surface area contributed by atoms with Gasteiger partial charge in [-0.3, -0.25) is 10.1 Å². The van der Waals surface area contributed by atoms with Crippen LogP contribution in [0.25, 0.3) is 5.82 Å². The van der Waals surface area contributed by atoms with Crippen LogP contribution in [0.15, 0.2) is 18.5 Å². The molecule has 0 saturated carbocycles. The number of aromatic carboxylic acids is 1. The van der Waals surface area contributed by atoms with Gasteiger partial charge < -0.3 is 5.11 Å². The monoisotopic (exact) mass is 249 g/mol. The zero-order valence-electron chi connectivity index (χ0n) is 9.14. The molecule has 2 heterocycles. The van der Waals surface area contributed by atoms with E-state index in [2.05, 4.69) is 15.3 Å². The fourth-order valence-corrected chi connectivity index (χ4v) is 1.33. The Kier molecular flexibility index (Phi) is 2.72. The van der Waals surface area contributed by atoms with Crippen molar-refractivity contribution in [2.24, 2.45) is 0 Å². The normalized spacial score (nSPS) is 10.3. The van der Waals surface area contributed by atoms with E-state index in [0.717, 1.165) is 16.4 Å². The summed E-state index contributed by atoms with van der Waals surface area (Å²) in [6.45, 7) is 1.76. The van der Waals surface area contributed by atoms with Gasteiger partial charge in [-0.05, 0) is 18.6 Å². The number of carbonyl (C=O) groups is 1. The lowest BCUT2D eigenvalue weighted by Gasteiger charge is -1.98. The van der Waals surface area contributed by atoms with Crippen molar-refractivity contribution in [1.82, 2.24) is 20.0 Å². The van der Waals surface area contributed by atoms with Crippen LogP contribution in [0.3, 0.4) is 0 Å². The second-order valence-corrected chi connectivity index (χ2v) is 3.46. The number of nitrogens with zero attached hydrogens (tertiary/aromatic N) is 5. The molecule has 2 aromatic heterocycles. The molecule has 0 aliphatic carbocycles. The van der Waals surface area contributed by atoms with Crippen molar-refractivity contribution in [3.05, 3.63) is 39.8 Å². The van der Waals surface area contributed by atoms with E-state index < -0.39 is 22.3 Å². The van der Waals surface area contributed by atoms with Crippen LogP contribution in [0.2, 0.25) is 0 Å². The predicted molar refractivity (Wildman–Crippen MR) is 57.5 cm³/mol. The number of rotatable bonds is 3. The number of aryl methyl sites for hydroxylation is 1. The Labute approximate surface area is 99.8 Å². The molecule has 9 heteroatoms. The number of nitro groups is 1. The van der Waals surface area contributed by atoms with Gasteiger partial charge >= 0.3 is 11.7 Å². The van der Waals surface area contributed by atoms with E-state index in [1.165, 1.54) is 6.20 Å². The highest BCUT2D eigenvalue weighted by Gasteiger charge is 2.25. The number of carboxylic acid groups (broad SMARTS) is 1. The number of hydrogen-bond acceptors (Lipinski definition) is 6. The van der Waals surface area contributed by atoms with Crippen LogP contribution in [0.4, 0.5) is 5.69 Å². The lowest BCUT2D eigenvalue weighted by Crippen LogP contribution is -2.04. The third-order valence-electron chi connectivity index (χ3n) is 2.11. The molecule has 0 aliphatic rings. The summed E-state index contributed by atoms with van der Waals surface area (Å²) in [5.74, 6) is -1.26. The molecule has 0 amide bonds. The van der Waals surface area contributed by atoms with Crippen LogP contribution in [0.1, 0.15) is 16.1 Å². The molecule has 18 heavy (non-hydrogen) atoms. The minimum absolute atomic E-state index is 0.214. The van der Waals surface area contributed by atoms with Crippen LogP contribution in [-0.2, 0) is 0 Å². The van der Waals surface area contributed by atoms with Gasteiger partial charge in [0.05, 0.1) is 11.1 Å². The molecule has 0 unspecified atom stereocenters. The lowest BCUT2D eigenvalue weighted by atomic mass is 10.3. The van der Waals surface area contributed by atoms with Crippen LogP contribution >= 0.6 is 0 Å². The zero-order valence-corrected chi connectivity index (χ0v) is 9.14. The molecule has 0 atom stereocenters. The number of aromatic nitrogens is 4. The van der Waals surface area contributed by atoms with Crippen LogP contribution < -0.4 is 0 Å². The fourth-order valence-electron chi connectivity index (χ4n) is 1.33. The molecule has 0 spiro atoms. The SMILES string of the molecule is Cc1cnnc(-n2cc([N+](=O)[O-])c(C(=O)O)n2)c1. The highest BCUT2D eigenvalue weighted by atomic mass is 16.6. The van der Waals surface area contributed by atoms with E-state index in [-0.39, 0.29) is 5.82 Å². The fraction of sp³-hybridized carbons (Fsp3) is 0.111. The smallest absolute Gasteiger partial charge is 0.363 e. The van der Waals surface area contributed by atoms with E-state index in [1.807, 2.05) is 0 Å². The van der Waals surface area contributed by atoms with E-state index in [1.54, 1.807) is 13.0 Å². The topological polar surface area (TPSA) is 124 Å². The molecule has 2 aromatic rings.